The summed E-state index contributed by atoms with van der Waals surface area (Å²) in [5, 5.41) is 12.4. The zero-order valence-corrected chi connectivity index (χ0v) is 18.2. The van der Waals surface area contributed by atoms with Crippen molar-refractivity contribution in [3.63, 3.8) is 0 Å². The van der Waals surface area contributed by atoms with Gasteiger partial charge in [0.05, 0.1) is 22.2 Å². The highest BCUT2D eigenvalue weighted by Gasteiger charge is 2.28. The number of nitrogens with one attached hydrogen (secondary N) is 1. The number of hydrogen-bond acceptors (Lipinski definition) is 3. The number of amides is 2. The second-order valence-electron chi connectivity index (χ2n) is 7.38. The van der Waals surface area contributed by atoms with Crippen molar-refractivity contribution in [3.05, 3.63) is 99.0 Å². The Kier molecular flexibility index (Phi) is 6.17. The second-order valence-corrected chi connectivity index (χ2v) is 8.19. The van der Waals surface area contributed by atoms with Gasteiger partial charge in [-0.3, -0.25) is 9.59 Å². The number of carbonyl (C=O) groups is 3. The standard InChI is InChI=1S/C24H18Cl2N2O4/c25-18-6-3-7-19(26)21(18)22(29)27-20(24(31)32)12-14-8-10-16(11-9-14)28-13-15-4-1-2-5-17(15)23(28)30/h1-11,20H,12-13H2,(H,27,29)(H,31,32)/t20-/m0/s1. The monoisotopic (exact) mass is 468 g/mol. The first-order valence-corrected chi connectivity index (χ1v) is 10.6. The number of carboxylic acids is 1. The van der Waals surface area contributed by atoms with Gasteiger partial charge in [-0.15, -0.1) is 0 Å². The van der Waals surface area contributed by atoms with E-state index >= 15 is 0 Å². The number of carbonyl (C=O) groups excluding carboxylic acids is 2. The van der Waals surface area contributed by atoms with E-state index in [0.717, 1.165) is 5.56 Å². The van der Waals surface area contributed by atoms with Crippen molar-refractivity contribution in [2.24, 2.45) is 0 Å². The average molecular weight is 469 g/mol. The first-order valence-electron chi connectivity index (χ1n) is 9.81. The van der Waals surface area contributed by atoms with Gasteiger partial charge in [-0.1, -0.05) is 59.6 Å². The quantitative estimate of drug-likeness (QED) is 0.554. The van der Waals surface area contributed by atoms with Gasteiger partial charge in [0.2, 0.25) is 0 Å². The van der Waals surface area contributed by atoms with Crippen LogP contribution in [0.15, 0.2) is 66.7 Å². The molecular formula is C24H18Cl2N2O4. The van der Waals surface area contributed by atoms with E-state index in [1.165, 1.54) is 12.1 Å². The lowest BCUT2D eigenvalue weighted by Crippen LogP contribution is -2.42. The number of anilines is 1. The van der Waals surface area contributed by atoms with E-state index in [1.807, 2.05) is 18.2 Å². The Balaban J connectivity index is 1.47. The van der Waals surface area contributed by atoms with Gasteiger partial charge < -0.3 is 15.3 Å². The van der Waals surface area contributed by atoms with Crippen molar-refractivity contribution in [2.45, 2.75) is 19.0 Å². The van der Waals surface area contributed by atoms with Gasteiger partial charge in [0.1, 0.15) is 6.04 Å². The van der Waals surface area contributed by atoms with Crippen molar-refractivity contribution in [2.75, 3.05) is 4.90 Å². The predicted molar refractivity (Wildman–Crippen MR) is 122 cm³/mol. The summed E-state index contributed by atoms with van der Waals surface area (Å²) in [6.07, 6.45) is 0.0532. The summed E-state index contributed by atoms with van der Waals surface area (Å²) >= 11 is 12.1. The van der Waals surface area contributed by atoms with E-state index in [4.69, 9.17) is 23.2 Å². The van der Waals surface area contributed by atoms with Crippen LogP contribution in [0.5, 0.6) is 0 Å². The Bertz CT molecular complexity index is 1190. The molecule has 32 heavy (non-hydrogen) atoms. The Morgan fingerprint density at radius 3 is 2.25 bits per heavy atom. The molecule has 0 saturated heterocycles. The normalized spacial score (nSPS) is 13.6. The van der Waals surface area contributed by atoms with Gasteiger partial charge in [-0.25, -0.2) is 4.79 Å². The average Bonchev–Trinajstić information content (AvgIpc) is 3.10. The van der Waals surface area contributed by atoms with E-state index in [0.29, 0.717) is 23.4 Å². The van der Waals surface area contributed by atoms with E-state index in [1.54, 1.807) is 41.3 Å². The van der Waals surface area contributed by atoms with Crippen molar-refractivity contribution < 1.29 is 19.5 Å². The highest BCUT2D eigenvalue weighted by atomic mass is 35.5. The first kappa shape index (κ1) is 21.9. The maximum absolute atomic E-state index is 12.6. The summed E-state index contributed by atoms with van der Waals surface area (Å²) in [4.78, 5) is 38.6. The molecule has 0 radical (unpaired) electrons. The topological polar surface area (TPSA) is 86.7 Å². The Morgan fingerprint density at radius 2 is 1.62 bits per heavy atom. The summed E-state index contributed by atoms with van der Waals surface area (Å²) < 4.78 is 0. The fraction of sp³-hybridized carbons (Fsp3) is 0.125. The molecule has 162 valence electrons. The molecule has 4 rings (SSSR count). The lowest BCUT2D eigenvalue weighted by Gasteiger charge is -2.18. The SMILES string of the molecule is O=C(N[C@@H](Cc1ccc(N2Cc3ccccc3C2=O)cc1)C(=O)O)c1c(Cl)cccc1Cl. The Morgan fingerprint density at radius 1 is 0.969 bits per heavy atom. The molecule has 0 fully saturated rings. The van der Waals surface area contributed by atoms with Crippen LogP contribution >= 0.6 is 23.2 Å². The zero-order valence-electron chi connectivity index (χ0n) is 16.7. The zero-order chi connectivity index (χ0) is 22.8. The molecule has 0 aromatic heterocycles. The van der Waals surface area contributed by atoms with E-state index in [2.05, 4.69) is 5.32 Å². The summed E-state index contributed by atoms with van der Waals surface area (Å²) in [6, 6.07) is 17.9. The van der Waals surface area contributed by atoms with Crippen molar-refractivity contribution in [1.29, 1.82) is 0 Å². The molecule has 0 unspecified atom stereocenters. The summed E-state index contributed by atoms with van der Waals surface area (Å²) in [6.45, 7) is 0.487. The summed E-state index contributed by atoms with van der Waals surface area (Å²) in [5.74, 6) is -1.92. The van der Waals surface area contributed by atoms with Crippen LogP contribution in [-0.2, 0) is 17.8 Å². The van der Waals surface area contributed by atoms with Gasteiger partial charge in [0.15, 0.2) is 0 Å². The minimum Gasteiger partial charge on any atom is -0.480 e. The van der Waals surface area contributed by atoms with Crippen molar-refractivity contribution >= 4 is 46.7 Å². The molecule has 1 heterocycles. The number of carboxylic acid groups (broad SMARTS) is 1. The molecule has 0 spiro atoms. The number of aliphatic carboxylic acids is 1. The third-order valence-corrected chi connectivity index (χ3v) is 5.93. The number of fused-ring (bicyclic) bond motifs is 1. The molecule has 1 aliphatic rings. The van der Waals surface area contributed by atoms with Crippen LogP contribution in [0.4, 0.5) is 5.69 Å². The second kappa shape index (κ2) is 9.02. The van der Waals surface area contributed by atoms with Gasteiger partial charge in [-0.2, -0.15) is 0 Å². The highest BCUT2D eigenvalue weighted by molar-refractivity contribution is 6.39. The highest BCUT2D eigenvalue weighted by Crippen LogP contribution is 2.28. The van der Waals surface area contributed by atoms with Crippen LogP contribution in [-0.4, -0.2) is 28.9 Å². The smallest absolute Gasteiger partial charge is 0.326 e. The fourth-order valence-electron chi connectivity index (χ4n) is 3.66. The van der Waals surface area contributed by atoms with Crippen LogP contribution in [0, 0.1) is 0 Å². The predicted octanol–water partition coefficient (Wildman–Crippen LogP) is 4.58. The molecular weight excluding hydrogens is 451 g/mol. The van der Waals surface area contributed by atoms with E-state index in [-0.39, 0.29) is 27.9 Å². The maximum Gasteiger partial charge on any atom is 0.326 e. The third-order valence-electron chi connectivity index (χ3n) is 5.30. The van der Waals surface area contributed by atoms with Crippen molar-refractivity contribution in [1.82, 2.24) is 5.32 Å². The lowest BCUT2D eigenvalue weighted by atomic mass is 10.0. The van der Waals surface area contributed by atoms with Gasteiger partial charge >= 0.3 is 5.97 Å². The summed E-state index contributed by atoms with van der Waals surface area (Å²) in [5.41, 5.74) is 3.09. The fourth-order valence-corrected chi connectivity index (χ4v) is 4.22. The van der Waals surface area contributed by atoms with E-state index < -0.39 is 17.9 Å². The third kappa shape index (κ3) is 4.33. The van der Waals surface area contributed by atoms with Crippen LogP contribution in [0.25, 0.3) is 0 Å². The largest absolute Gasteiger partial charge is 0.480 e. The summed E-state index contributed by atoms with van der Waals surface area (Å²) in [7, 11) is 0. The molecule has 0 aliphatic carbocycles. The van der Waals surface area contributed by atoms with Gasteiger partial charge in [-0.05, 0) is 41.5 Å². The molecule has 0 saturated carbocycles. The number of halogens is 2. The Labute approximate surface area is 194 Å². The molecule has 2 amide bonds. The maximum atomic E-state index is 12.6. The molecule has 1 atom stereocenters. The minimum atomic E-state index is -1.18. The van der Waals surface area contributed by atoms with Crippen LogP contribution in [0.2, 0.25) is 10.0 Å². The van der Waals surface area contributed by atoms with Crippen LogP contribution in [0.1, 0.15) is 31.8 Å². The molecule has 6 nitrogen and oxygen atoms in total. The molecule has 3 aromatic rings. The molecule has 1 aliphatic heterocycles. The molecule has 8 heteroatoms. The lowest BCUT2D eigenvalue weighted by molar-refractivity contribution is -0.139. The molecule has 3 aromatic carbocycles. The molecule has 2 N–H and O–H groups in total. The number of benzene rings is 3. The van der Waals surface area contributed by atoms with Gasteiger partial charge in [0.25, 0.3) is 11.8 Å². The Hall–Kier alpha value is -3.35. The number of rotatable bonds is 6. The number of nitrogens with zero attached hydrogens (tertiary/aromatic N) is 1. The van der Waals surface area contributed by atoms with Crippen molar-refractivity contribution in [3.8, 4) is 0 Å². The van der Waals surface area contributed by atoms with Crippen LogP contribution in [0.3, 0.4) is 0 Å². The van der Waals surface area contributed by atoms with Gasteiger partial charge in [0, 0.05) is 17.7 Å². The minimum absolute atomic E-state index is 0.0320. The number of hydrogen-bond donors (Lipinski definition) is 2. The first-order chi connectivity index (χ1) is 15.3. The van der Waals surface area contributed by atoms with Crippen LogP contribution < -0.4 is 10.2 Å². The van der Waals surface area contributed by atoms with E-state index in [9.17, 15) is 19.5 Å². The molecule has 0 bridgehead atoms.